The Labute approximate surface area is 193 Å². The van der Waals surface area contributed by atoms with E-state index in [2.05, 4.69) is 60.4 Å². The predicted molar refractivity (Wildman–Crippen MR) is 119 cm³/mol. The molecule has 0 saturated heterocycles. The first-order valence-corrected chi connectivity index (χ1v) is 11.6. The van der Waals surface area contributed by atoms with E-state index in [0.717, 1.165) is 6.20 Å². The summed E-state index contributed by atoms with van der Waals surface area (Å²) in [6.07, 6.45) is 1.20. The Morgan fingerprint density at radius 3 is 2.42 bits per heavy atom. The summed E-state index contributed by atoms with van der Waals surface area (Å²) in [4.78, 5) is 3.95. The smallest absolute Gasteiger partial charge is 0.248 e. The fraction of sp³-hybridized carbons (Fsp3) is 0.739. The molecular weight excluding hydrogens is 433 g/mol. The molecule has 1 unspecified atom stereocenters. The molecule has 0 bridgehead atoms. The Kier molecular flexibility index (Phi) is 7.65. The van der Waals surface area contributed by atoms with E-state index in [9.17, 15) is 8.78 Å². The molecule has 10 heteroatoms. The van der Waals surface area contributed by atoms with Crippen molar-refractivity contribution in [2.75, 3.05) is 13.7 Å². The highest BCUT2D eigenvalue weighted by Gasteiger charge is 2.39. The highest BCUT2D eigenvalue weighted by Crippen LogP contribution is 2.40. The number of aromatic nitrogens is 5. The average molecular weight is 469 g/mol. The molecule has 2 heterocycles. The number of hydrogen-bond acceptors (Lipinski definition) is 6. The van der Waals surface area contributed by atoms with Crippen LogP contribution in [0.1, 0.15) is 83.8 Å². The first-order chi connectivity index (χ1) is 15.5. The average Bonchev–Trinajstić information content (AvgIpc) is 3.24. The van der Waals surface area contributed by atoms with Crippen molar-refractivity contribution in [3.8, 4) is 5.88 Å². The van der Waals surface area contributed by atoms with Gasteiger partial charge in [0.05, 0.1) is 25.4 Å². The third kappa shape index (κ3) is 5.47. The molecule has 3 rings (SSSR count). The highest BCUT2D eigenvalue weighted by molar-refractivity contribution is 5.29. The summed E-state index contributed by atoms with van der Waals surface area (Å²) in [6, 6.07) is 0.562. The molecule has 2 aromatic heterocycles. The first-order valence-electron chi connectivity index (χ1n) is 11.6. The highest BCUT2D eigenvalue weighted by atomic mass is 19.3. The topological polar surface area (TPSA) is 77.8 Å². The molecule has 1 N–H and O–H groups in total. The Bertz CT molecular complexity index is 915. The maximum atomic E-state index is 15.0. The molecule has 0 spiro atoms. The minimum atomic E-state index is -2.66. The van der Waals surface area contributed by atoms with Crippen molar-refractivity contribution in [2.24, 2.45) is 17.3 Å². The molecule has 1 aliphatic rings. The maximum Gasteiger partial charge on any atom is 0.248 e. The SMILES string of the molecule is COc1cc(C(NCC(C)(C(C)C)C(C)C)c2nnnn2C2CCC(F)(F)CC2)c(F)cn1. The fourth-order valence-corrected chi connectivity index (χ4v) is 4.42. The van der Waals surface area contributed by atoms with E-state index in [1.165, 1.54) is 13.2 Å². The molecule has 184 valence electrons. The van der Waals surface area contributed by atoms with Gasteiger partial charge in [0.2, 0.25) is 11.8 Å². The van der Waals surface area contributed by atoms with Crippen molar-refractivity contribution in [3.63, 3.8) is 0 Å². The van der Waals surface area contributed by atoms with Crippen LogP contribution in [0, 0.1) is 23.1 Å². The molecule has 1 saturated carbocycles. The Balaban J connectivity index is 2.00. The second kappa shape index (κ2) is 9.95. The molecule has 0 amide bonds. The summed E-state index contributed by atoms with van der Waals surface area (Å²) in [7, 11) is 1.47. The van der Waals surface area contributed by atoms with E-state index in [1.807, 2.05) is 0 Å². The lowest BCUT2D eigenvalue weighted by Crippen LogP contribution is -2.42. The number of hydrogen-bond donors (Lipinski definition) is 1. The Morgan fingerprint density at radius 2 is 1.85 bits per heavy atom. The number of nitrogens with one attached hydrogen (secondary N) is 1. The number of halogens is 3. The first kappa shape index (κ1) is 25.4. The zero-order valence-electron chi connectivity index (χ0n) is 20.3. The van der Waals surface area contributed by atoms with Gasteiger partial charge in [-0.1, -0.05) is 34.6 Å². The number of nitrogens with zero attached hydrogens (tertiary/aromatic N) is 5. The van der Waals surface area contributed by atoms with Crippen molar-refractivity contribution in [3.05, 3.63) is 29.5 Å². The van der Waals surface area contributed by atoms with Crippen LogP contribution in [0.4, 0.5) is 13.2 Å². The standard InChI is InChI=1S/C23H35F3N6O/c1-14(2)22(5,15(3)4)13-28-20(17-11-19(33-6)27-12-18(17)24)21-29-30-31-32(21)16-7-9-23(25,26)10-8-16/h11-12,14-16,20,28H,7-10,13H2,1-6H3. The summed E-state index contributed by atoms with van der Waals surface area (Å²) >= 11 is 0. The van der Waals surface area contributed by atoms with Gasteiger partial charge in [0.25, 0.3) is 0 Å². The maximum absolute atomic E-state index is 15.0. The van der Waals surface area contributed by atoms with Gasteiger partial charge < -0.3 is 10.1 Å². The molecule has 0 aromatic carbocycles. The van der Waals surface area contributed by atoms with Gasteiger partial charge in [-0.3, -0.25) is 0 Å². The Hall–Kier alpha value is -2.23. The number of pyridine rings is 1. The summed E-state index contributed by atoms with van der Waals surface area (Å²) in [5.74, 6) is -1.80. The van der Waals surface area contributed by atoms with Crippen molar-refractivity contribution in [2.45, 2.75) is 78.3 Å². The van der Waals surface area contributed by atoms with E-state index in [-0.39, 0.29) is 43.0 Å². The molecule has 1 aliphatic carbocycles. The van der Waals surface area contributed by atoms with Gasteiger partial charge in [-0.15, -0.1) is 5.10 Å². The zero-order valence-corrected chi connectivity index (χ0v) is 20.3. The summed E-state index contributed by atoms with van der Waals surface area (Å²) in [5.41, 5.74) is 0.214. The number of tetrazole rings is 1. The molecule has 0 radical (unpaired) electrons. The molecule has 1 fully saturated rings. The minimum Gasteiger partial charge on any atom is -0.481 e. The summed E-state index contributed by atoms with van der Waals surface area (Å²) in [5, 5.41) is 15.7. The predicted octanol–water partition coefficient (Wildman–Crippen LogP) is 4.96. The number of ether oxygens (including phenoxy) is 1. The van der Waals surface area contributed by atoms with Gasteiger partial charge >= 0.3 is 0 Å². The summed E-state index contributed by atoms with van der Waals surface area (Å²) < 4.78 is 49.3. The Morgan fingerprint density at radius 1 is 1.21 bits per heavy atom. The molecule has 7 nitrogen and oxygen atoms in total. The second-order valence-electron chi connectivity index (χ2n) is 9.95. The van der Waals surface area contributed by atoms with Gasteiger partial charge in [0, 0.05) is 31.0 Å². The molecule has 2 aromatic rings. The number of rotatable bonds is 9. The minimum absolute atomic E-state index is 0.0863. The largest absolute Gasteiger partial charge is 0.481 e. The van der Waals surface area contributed by atoms with Crippen LogP contribution >= 0.6 is 0 Å². The van der Waals surface area contributed by atoms with E-state index < -0.39 is 17.8 Å². The van der Waals surface area contributed by atoms with E-state index in [1.54, 1.807) is 4.68 Å². The van der Waals surface area contributed by atoms with Crippen molar-refractivity contribution >= 4 is 0 Å². The lowest BCUT2D eigenvalue weighted by molar-refractivity contribution is -0.0455. The number of alkyl halides is 2. The van der Waals surface area contributed by atoms with Crippen LogP contribution in [0.15, 0.2) is 12.3 Å². The van der Waals surface area contributed by atoms with Crippen molar-refractivity contribution in [1.82, 2.24) is 30.5 Å². The second-order valence-corrected chi connectivity index (χ2v) is 9.95. The van der Waals surface area contributed by atoms with Crippen LogP contribution in [0.5, 0.6) is 5.88 Å². The fourth-order valence-electron chi connectivity index (χ4n) is 4.42. The third-order valence-electron chi connectivity index (χ3n) is 7.51. The molecule has 0 aliphatic heterocycles. The molecular formula is C23H35F3N6O. The van der Waals surface area contributed by atoms with Crippen LogP contribution in [-0.2, 0) is 0 Å². The molecule has 1 atom stereocenters. The van der Waals surface area contributed by atoms with E-state index >= 15 is 4.39 Å². The van der Waals surface area contributed by atoms with E-state index in [0.29, 0.717) is 29.8 Å². The molecule has 33 heavy (non-hydrogen) atoms. The van der Waals surface area contributed by atoms with Crippen LogP contribution in [0.2, 0.25) is 0 Å². The van der Waals surface area contributed by atoms with Crippen LogP contribution in [0.3, 0.4) is 0 Å². The third-order valence-corrected chi connectivity index (χ3v) is 7.51. The van der Waals surface area contributed by atoms with Gasteiger partial charge in [-0.2, -0.15) is 0 Å². The van der Waals surface area contributed by atoms with Gasteiger partial charge in [-0.25, -0.2) is 22.8 Å². The van der Waals surface area contributed by atoms with Crippen molar-refractivity contribution in [1.29, 1.82) is 0 Å². The lowest BCUT2D eigenvalue weighted by atomic mass is 9.70. The van der Waals surface area contributed by atoms with Gasteiger partial charge in [0.1, 0.15) is 5.82 Å². The monoisotopic (exact) mass is 468 g/mol. The number of methoxy groups -OCH3 is 1. The van der Waals surface area contributed by atoms with Crippen molar-refractivity contribution < 1.29 is 17.9 Å². The van der Waals surface area contributed by atoms with Gasteiger partial charge in [0.15, 0.2) is 5.82 Å². The zero-order chi connectivity index (χ0) is 24.4. The van der Waals surface area contributed by atoms with Crippen LogP contribution in [0.25, 0.3) is 0 Å². The normalized spacial score (nSPS) is 18.2. The lowest BCUT2D eigenvalue weighted by Gasteiger charge is -2.39. The quantitative estimate of drug-likeness (QED) is 0.560. The summed E-state index contributed by atoms with van der Waals surface area (Å²) in [6.45, 7) is 11.4. The van der Waals surface area contributed by atoms with Crippen LogP contribution < -0.4 is 10.1 Å². The van der Waals surface area contributed by atoms with Crippen LogP contribution in [-0.4, -0.2) is 44.8 Å². The van der Waals surface area contributed by atoms with E-state index in [4.69, 9.17) is 4.74 Å². The van der Waals surface area contributed by atoms with Gasteiger partial charge in [-0.05, 0) is 40.5 Å².